The number of nitrogens with one attached hydrogen (secondary N) is 2. The van der Waals surface area contributed by atoms with Crippen LogP contribution in [0.4, 0.5) is 5.69 Å². The number of hydrogen-bond donors (Lipinski definition) is 2. The summed E-state index contributed by atoms with van der Waals surface area (Å²) in [6.07, 6.45) is 3.36. The molecular formula is C16H20BIN3O3P. The van der Waals surface area contributed by atoms with Crippen LogP contribution < -0.4 is 10.6 Å². The van der Waals surface area contributed by atoms with Gasteiger partial charge in [-0.15, -0.1) is 0 Å². The molecule has 1 saturated heterocycles. The lowest BCUT2D eigenvalue weighted by molar-refractivity contribution is 0.00578. The van der Waals surface area contributed by atoms with E-state index in [1.54, 1.807) is 6.20 Å². The molecule has 2 N–H and O–H groups in total. The van der Waals surface area contributed by atoms with Gasteiger partial charge in [-0.1, -0.05) is 12.1 Å². The van der Waals surface area contributed by atoms with Gasteiger partial charge in [0.2, 0.25) is 0 Å². The predicted octanol–water partition coefficient (Wildman–Crippen LogP) is 3.75. The van der Waals surface area contributed by atoms with E-state index in [1.165, 1.54) is 6.39 Å². The molecule has 9 heteroatoms. The average Bonchev–Trinajstić information content (AvgIpc) is 3.14. The molecule has 0 saturated carbocycles. The van der Waals surface area contributed by atoms with Crippen molar-refractivity contribution in [1.82, 2.24) is 4.98 Å². The van der Waals surface area contributed by atoms with Crippen molar-refractivity contribution in [1.29, 1.82) is 5.41 Å². The Morgan fingerprint density at radius 2 is 1.92 bits per heavy atom. The van der Waals surface area contributed by atoms with Crippen LogP contribution in [-0.4, -0.2) is 29.0 Å². The van der Waals surface area contributed by atoms with Gasteiger partial charge >= 0.3 is 7.12 Å². The van der Waals surface area contributed by atoms with Gasteiger partial charge < -0.3 is 18.8 Å². The minimum atomic E-state index is -0.470. The van der Waals surface area contributed by atoms with Gasteiger partial charge in [0.1, 0.15) is 5.71 Å². The molecule has 1 aliphatic rings. The smallest absolute Gasteiger partial charge is 0.442 e. The Kier molecular flexibility index (Phi) is 5.26. The third kappa shape index (κ3) is 3.63. The van der Waals surface area contributed by atoms with E-state index in [0.717, 1.165) is 16.7 Å². The summed E-state index contributed by atoms with van der Waals surface area (Å²) in [4.78, 5) is 3.91. The zero-order valence-corrected chi connectivity index (χ0v) is 17.7. The standard InChI is InChI=1S/C16H20BIN3O3P/c1-15(2)16(3,4)24-17(23-15)10-5-6-12(21-25-18)11(7-10)14(19)13-8-20-9-22-13/h5-9,19,21,25H,1-4H3. The maximum Gasteiger partial charge on any atom is 0.494 e. The zero-order valence-electron chi connectivity index (χ0n) is 14.5. The minimum absolute atomic E-state index is 0.271. The molecule has 6 nitrogen and oxygen atoms in total. The fourth-order valence-electron chi connectivity index (χ4n) is 2.53. The molecule has 2 aromatic rings. The van der Waals surface area contributed by atoms with Gasteiger partial charge in [-0.25, -0.2) is 4.98 Å². The first-order chi connectivity index (χ1) is 11.7. The molecule has 0 aliphatic carbocycles. The van der Waals surface area contributed by atoms with Gasteiger partial charge in [-0.05, 0) is 61.3 Å². The second kappa shape index (κ2) is 6.98. The summed E-state index contributed by atoms with van der Waals surface area (Å²) in [7, 11) is -0.470. The molecule has 132 valence electrons. The van der Waals surface area contributed by atoms with Crippen molar-refractivity contribution >= 4 is 52.4 Å². The molecule has 0 bridgehead atoms. The molecule has 1 fully saturated rings. The molecule has 1 unspecified atom stereocenters. The number of aromatic nitrogens is 1. The Labute approximate surface area is 162 Å². The van der Waals surface area contributed by atoms with Crippen LogP contribution in [0.25, 0.3) is 0 Å². The van der Waals surface area contributed by atoms with Crippen molar-refractivity contribution in [3.63, 3.8) is 0 Å². The summed E-state index contributed by atoms with van der Waals surface area (Å²) in [6.45, 7) is 8.10. The van der Waals surface area contributed by atoms with Crippen LogP contribution in [0.3, 0.4) is 0 Å². The van der Waals surface area contributed by atoms with Crippen LogP contribution in [0, 0.1) is 5.41 Å². The van der Waals surface area contributed by atoms with Crippen molar-refractivity contribution in [3.8, 4) is 0 Å². The third-order valence-electron chi connectivity index (χ3n) is 4.70. The molecule has 25 heavy (non-hydrogen) atoms. The van der Waals surface area contributed by atoms with E-state index in [-0.39, 0.29) is 5.71 Å². The molecule has 0 radical (unpaired) electrons. The van der Waals surface area contributed by atoms with Crippen molar-refractivity contribution < 1.29 is 13.7 Å². The van der Waals surface area contributed by atoms with Crippen LogP contribution in [0.2, 0.25) is 0 Å². The topological polar surface area (TPSA) is 80.4 Å². The molecular weight excluding hydrogens is 451 g/mol. The third-order valence-corrected chi connectivity index (χ3v) is 5.87. The lowest BCUT2D eigenvalue weighted by Gasteiger charge is -2.32. The van der Waals surface area contributed by atoms with Gasteiger partial charge in [0.25, 0.3) is 0 Å². The van der Waals surface area contributed by atoms with Gasteiger partial charge in [0, 0.05) is 17.6 Å². The van der Waals surface area contributed by atoms with E-state index in [9.17, 15) is 0 Å². The SMILES string of the molecule is CC1(C)OB(c2ccc(NPI)c(C(=N)c3cnco3)c2)OC1(C)C. The number of halogens is 1. The van der Waals surface area contributed by atoms with Crippen molar-refractivity contribution in [2.45, 2.75) is 38.9 Å². The summed E-state index contributed by atoms with van der Waals surface area (Å²) >= 11 is 2.26. The Balaban J connectivity index is 1.98. The number of rotatable bonds is 5. The summed E-state index contributed by atoms with van der Waals surface area (Å²) in [6, 6.07) is 5.84. The van der Waals surface area contributed by atoms with E-state index in [2.05, 4.69) is 32.1 Å². The Morgan fingerprint density at radius 1 is 1.24 bits per heavy atom. The lowest BCUT2D eigenvalue weighted by atomic mass is 9.77. The highest BCUT2D eigenvalue weighted by Gasteiger charge is 2.51. The molecule has 0 spiro atoms. The van der Waals surface area contributed by atoms with Crippen LogP contribution in [0.15, 0.2) is 35.2 Å². The molecule has 0 amide bonds. The van der Waals surface area contributed by atoms with Crippen molar-refractivity contribution in [2.75, 3.05) is 5.09 Å². The van der Waals surface area contributed by atoms with Crippen molar-refractivity contribution in [2.24, 2.45) is 0 Å². The van der Waals surface area contributed by atoms with Gasteiger partial charge in [-0.2, -0.15) is 0 Å². The number of hydrogen-bond acceptors (Lipinski definition) is 6. The van der Waals surface area contributed by atoms with Crippen molar-refractivity contribution in [3.05, 3.63) is 42.1 Å². The normalized spacial score (nSPS) is 18.8. The molecule has 2 heterocycles. The zero-order chi connectivity index (χ0) is 18.2. The first-order valence-corrected chi connectivity index (χ1v) is 12.0. The fraction of sp³-hybridized carbons (Fsp3) is 0.375. The van der Waals surface area contributed by atoms with Crippen LogP contribution in [-0.2, 0) is 9.31 Å². The molecule has 1 aliphatic heterocycles. The van der Waals surface area contributed by atoms with Crippen LogP contribution in [0.1, 0.15) is 39.0 Å². The Hall–Kier alpha value is -0.955. The first kappa shape index (κ1) is 18.8. The predicted molar refractivity (Wildman–Crippen MR) is 111 cm³/mol. The lowest BCUT2D eigenvalue weighted by Crippen LogP contribution is -2.41. The maximum atomic E-state index is 8.48. The number of benzene rings is 1. The number of oxazole rings is 1. The van der Waals surface area contributed by atoms with Gasteiger partial charge in [0.15, 0.2) is 12.2 Å². The quantitative estimate of drug-likeness (QED) is 0.301. The highest BCUT2D eigenvalue weighted by molar-refractivity contribution is 14.2. The van der Waals surface area contributed by atoms with E-state index >= 15 is 0 Å². The first-order valence-electron chi connectivity index (χ1n) is 7.84. The minimum Gasteiger partial charge on any atom is -0.442 e. The fourth-order valence-corrected chi connectivity index (χ4v) is 3.72. The van der Waals surface area contributed by atoms with E-state index in [4.69, 9.17) is 19.1 Å². The summed E-state index contributed by atoms with van der Waals surface area (Å²) in [5, 5.41) is 11.8. The number of anilines is 1. The van der Waals surface area contributed by atoms with E-state index in [1.807, 2.05) is 45.9 Å². The van der Waals surface area contributed by atoms with Gasteiger partial charge in [0.05, 0.1) is 17.4 Å². The van der Waals surface area contributed by atoms with Crippen LogP contribution in [0.5, 0.6) is 0 Å². The Morgan fingerprint density at radius 3 is 2.48 bits per heavy atom. The van der Waals surface area contributed by atoms with Gasteiger partial charge in [-0.3, -0.25) is 5.41 Å². The summed E-state index contributed by atoms with van der Waals surface area (Å²) in [5.74, 6) is 0.422. The Bertz CT molecular complexity index is 767. The molecule has 1 atom stereocenters. The highest BCUT2D eigenvalue weighted by atomic mass is 127. The monoisotopic (exact) mass is 471 g/mol. The van der Waals surface area contributed by atoms with E-state index < -0.39 is 18.3 Å². The van der Waals surface area contributed by atoms with Crippen LogP contribution >= 0.6 is 28.4 Å². The van der Waals surface area contributed by atoms with E-state index in [0.29, 0.717) is 12.1 Å². The largest absolute Gasteiger partial charge is 0.494 e. The second-order valence-corrected chi connectivity index (χ2v) is 8.91. The average molecular weight is 471 g/mol. The maximum absolute atomic E-state index is 8.48. The molecule has 3 rings (SSSR count). The second-order valence-electron chi connectivity index (χ2n) is 6.85. The summed E-state index contributed by atoms with van der Waals surface area (Å²) < 4.78 is 17.5. The summed E-state index contributed by atoms with van der Waals surface area (Å²) in [5.41, 5.74) is 1.93. The molecule has 1 aromatic carbocycles. The molecule has 1 aromatic heterocycles. The highest BCUT2D eigenvalue weighted by Crippen LogP contribution is 2.37. The number of nitrogens with zero attached hydrogens (tertiary/aromatic N) is 1.